The number of carbonyl (C=O) groups is 1. The first-order valence-corrected chi connectivity index (χ1v) is 8.95. The minimum atomic E-state index is -0.0818. The molecule has 6 heteroatoms. The number of benzene rings is 1. The molecule has 4 rings (SSSR count). The lowest BCUT2D eigenvalue weighted by molar-refractivity contribution is -0.134. The van der Waals surface area contributed by atoms with Crippen LogP contribution in [0.2, 0.25) is 0 Å². The summed E-state index contributed by atoms with van der Waals surface area (Å²) in [5, 5.41) is 7.01. The molecule has 2 aromatic rings. The van der Waals surface area contributed by atoms with E-state index in [4.69, 9.17) is 9.26 Å². The van der Waals surface area contributed by atoms with Crippen LogP contribution in [0.15, 0.2) is 28.8 Å². The van der Waals surface area contributed by atoms with Crippen LogP contribution in [-0.4, -0.2) is 28.3 Å². The zero-order valence-corrected chi connectivity index (χ0v) is 14.5. The topological polar surface area (TPSA) is 77.2 Å². The number of anilines is 1. The van der Waals surface area contributed by atoms with Gasteiger partial charge >= 0.3 is 0 Å². The lowest BCUT2D eigenvalue weighted by atomic mass is 9.72. The second-order valence-corrected chi connectivity index (χ2v) is 7.18. The van der Waals surface area contributed by atoms with Gasteiger partial charge in [0.05, 0.1) is 12.0 Å². The highest BCUT2D eigenvalue weighted by Gasteiger charge is 2.43. The summed E-state index contributed by atoms with van der Waals surface area (Å²) in [4.78, 5) is 15.8. The first-order chi connectivity index (χ1) is 12.1. The summed E-state index contributed by atoms with van der Waals surface area (Å²) >= 11 is 0. The first kappa shape index (κ1) is 16.3. The fourth-order valence-corrected chi connectivity index (χ4v) is 3.81. The van der Waals surface area contributed by atoms with Gasteiger partial charge in [0.25, 0.3) is 0 Å². The largest absolute Gasteiger partial charge is 0.375 e. The molecule has 0 bridgehead atoms. The molecular formula is C19H23N3O3. The number of aromatic nitrogens is 2. The van der Waals surface area contributed by atoms with Gasteiger partial charge in [0, 0.05) is 25.1 Å². The van der Waals surface area contributed by atoms with Crippen molar-refractivity contribution in [1.82, 2.24) is 10.1 Å². The predicted molar refractivity (Wildman–Crippen MR) is 92.4 cm³/mol. The Kier molecular flexibility index (Phi) is 4.29. The van der Waals surface area contributed by atoms with Gasteiger partial charge < -0.3 is 14.6 Å². The molecule has 2 heterocycles. The number of carbonyl (C=O) groups excluding carboxylic acids is 1. The van der Waals surface area contributed by atoms with E-state index in [1.165, 1.54) is 13.3 Å². The summed E-state index contributed by atoms with van der Waals surface area (Å²) in [6.45, 7) is 2.28. The van der Waals surface area contributed by atoms with E-state index in [-0.39, 0.29) is 11.5 Å². The van der Waals surface area contributed by atoms with Crippen LogP contribution in [0.25, 0.3) is 0 Å². The van der Waals surface area contributed by atoms with Crippen molar-refractivity contribution in [1.29, 1.82) is 0 Å². The van der Waals surface area contributed by atoms with E-state index in [0.29, 0.717) is 18.2 Å². The lowest BCUT2D eigenvalue weighted by Crippen LogP contribution is -2.45. The van der Waals surface area contributed by atoms with E-state index in [1.807, 2.05) is 24.3 Å². The van der Waals surface area contributed by atoms with Crippen molar-refractivity contribution in [3.63, 3.8) is 0 Å². The Morgan fingerprint density at radius 2 is 2.28 bits per heavy atom. The molecule has 1 aliphatic heterocycles. The van der Waals surface area contributed by atoms with Gasteiger partial charge in [-0.25, -0.2) is 0 Å². The molecule has 2 fully saturated rings. The van der Waals surface area contributed by atoms with E-state index >= 15 is 0 Å². The average Bonchev–Trinajstić information content (AvgIpc) is 3.02. The highest BCUT2D eigenvalue weighted by Crippen LogP contribution is 2.46. The smallest absolute Gasteiger partial charge is 0.231 e. The van der Waals surface area contributed by atoms with Gasteiger partial charge in [-0.05, 0) is 49.8 Å². The lowest BCUT2D eigenvalue weighted by Gasteiger charge is -2.46. The normalized spacial score (nSPS) is 21.7. The van der Waals surface area contributed by atoms with Crippen LogP contribution >= 0.6 is 0 Å². The molecule has 1 spiro atoms. The fraction of sp³-hybridized carbons (Fsp3) is 0.526. The van der Waals surface area contributed by atoms with Gasteiger partial charge in [-0.2, -0.15) is 4.98 Å². The molecule has 0 radical (unpaired) electrons. The Labute approximate surface area is 147 Å². The average molecular weight is 341 g/mol. The third kappa shape index (κ3) is 3.58. The molecule has 1 aliphatic carbocycles. The summed E-state index contributed by atoms with van der Waals surface area (Å²) in [6, 6.07) is 7.71. The van der Waals surface area contributed by atoms with E-state index in [9.17, 15) is 4.79 Å². The third-order valence-corrected chi connectivity index (χ3v) is 5.21. The molecule has 1 amide bonds. The van der Waals surface area contributed by atoms with Crippen LogP contribution in [0, 0.1) is 0 Å². The zero-order valence-electron chi connectivity index (χ0n) is 14.5. The van der Waals surface area contributed by atoms with Crippen molar-refractivity contribution in [3.8, 4) is 0 Å². The molecule has 132 valence electrons. The molecule has 2 aliphatic rings. The monoisotopic (exact) mass is 341 g/mol. The molecule has 1 saturated carbocycles. The number of ether oxygens (including phenoxy) is 1. The minimum absolute atomic E-state index is 0.0798. The first-order valence-electron chi connectivity index (χ1n) is 8.95. The van der Waals surface area contributed by atoms with Crippen LogP contribution in [0.1, 0.15) is 62.2 Å². The standard InChI is InChI=1S/C19H23N3O3/c1-13(23)20-16-5-2-4-14(10-16)11-17-21-18(22-25-17)15-6-9-24-19(12-15)7-3-8-19/h2,4-5,10,15H,3,6-9,11-12H2,1H3,(H,20,23). The second-order valence-electron chi connectivity index (χ2n) is 7.18. The van der Waals surface area contributed by atoms with Crippen molar-refractivity contribution in [2.45, 2.75) is 57.0 Å². The summed E-state index contributed by atoms with van der Waals surface area (Å²) in [7, 11) is 0. The van der Waals surface area contributed by atoms with Crippen LogP contribution in [0.3, 0.4) is 0 Å². The summed E-state index contributed by atoms with van der Waals surface area (Å²) in [6.07, 6.45) is 6.10. The van der Waals surface area contributed by atoms with Crippen molar-refractivity contribution in [2.24, 2.45) is 0 Å². The Hall–Kier alpha value is -2.21. The quantitative estimate of drug-likeness (QED) is 0.922. The fourth-order valence-electron chi connectivity index (χ4n) is 3.81. The van der Waals surface area contributed by atoms with Crippen molar-refractivity contribution in [3.05, 3.63) is 41.5 Å². The van der Waals surface area contributed by atoms with Crippen LogP contribution in [-0.2, 0) is 16.0 Å². The predicted octanol–water partition coefficient (Wildman–Crippen LogP) is 3.44. The molecule has 1 aromatic heterocycles. The van der Waals surface area contributed by atoms with Crippen molar-refractivity contribution >= 4 is 11.6 Å². The summed E-state index contributed by atoms with van der Waals surface area (Å²) in [5.74, 6) is 1.67. The number of nitrogens with zero attached hydrogens (tertiary/aromatic N) is 2. The Balaban J connectivity index is 1.44. The van der Waals surface area contributed by atoms with Gasteiger partial charge in [0.15, 0.2) is 5.82 Å². The van der Waals surface area contributed by atoms with Gasteiger partial charge in [0.2, 0.25) is 11.8 Å². The molecule has 1 unspecified atom stereocenters. The van der Waals surface area contributed by atoms with E-state index in [0.717, 1.165) is 49.4 Å². The maximum atomic E-state index is 11.2. The van der Waals surface area contributed by atoms with Gasteiger partial charge in [0.1, 0.15) is 0 Å². The minimum Gasteiger partial charge on any atom is -0.375 e. The molecule has 25 heavy (non-hydrogen) atoms. The number of amides is 1. The molecule has 6 nitrogen and oxygen atoms in total. The van der Waals surface area contributed by atoms with E-state index in [1.54, 1.807) is 0 Å². The second kappa shape index (κ2) is 6.59. The Morgan fingerprint density at radius 1 is 1.40 bits per heavy atom. The Morgan fingerprint density at radius 3 is 3.04 bits per heavy atom. The van der Waals surface area contributed by atoms with Crippen LogP contribution in [0.5, 0.6) is 0 Å². The number of rotatable bonds is 4. The van der Waals surface area contributed by atoms with E-state index in [2.05, 4.69) is 15.5 Å². The number of hydrogen-bond donors (Lipinski definition) is 1. The highest BCUT2D eigenvalue weighted by atomic mass is 16.5. The maximum absolute atomic E-state index is 11.2. The molecular weight excluding hydrogens is 318 g/mol. The third-order valence-electron chi connectivity index (χ3n) is 5.21. The van der Waals surface area contributed by atoms with Crippen LogP contribution < -0.4 is 5.32 Å². The molecule has 1 aromatic carbocycles. The van der Waals surface area contributed by atoms with Crippen molar-refractivity contribution < 1.29 is 14.1 Å². The van der Waals surface area contributed by atoms with Crippen LogP contribution in [0.4, 0.5) is 5.69 Å². The molecule has 1 N–H and O–H groups in total. The van der Waals surface area contributed by atoms with Crippen molar-refractivity contribution in [2.75, 3.05) is 11.9 Å². The zero-order chi connectivity index (χ0) is 17.3. The SMILES string of the molecule is CC(=O)Nc1cccc(Cc2nc(C3CCOC4(CCC4)C3)no2)c1. The Bertz CT molecular complexity index is 767. The van der Waals surface area contributed by atoms with Gasteiger partial charge in [-0.15, -0.1) is 0 Å². The van der Waals surface area contributed by atoms with Gasteiger partial charge in [-0.3, -0.25) is 4.79 Å². The molecule has 1 atom stereocenters. The number of hydrogen-bond acceptors (Lipinski definition) is 5. The maximum Gasteiger partial charge on any atom is 0.231 e. The highest BCUT2D eigenvalue weighted by molar-refractivity contribution is 5.88. The van der Waals surface area contributed by atoms with E-state index < -0.39 is 0 Å². The molecule has 1 saturated heterocycles. The van der Waals surface area contributed by atoms with Gasteiger partial charge in [-0.1, -0.05) is 17.3 Å². The summed E-state index contributed by atoms with van der Waals surface area (Å²) in [5.41, 5.74) is 1.89. The summed E-state index contributed by atoms with van der Waals surface area (Å²) < 4.78 is 11.5. The number of nitrogens with one attached hydrogen (secondary N) is 1.